The van der Waals surface area contributed by atoms with Crippen molar-refractivity contribution in [2.24, 2.45) is 0 Å². The van der Waals surface area contributed by atoms with Gasteiger partial charge in [0.05, 0.1) is 17.3 Å². The number of rotatable bonds is 4. The minimum atomic E-state index is 0.102. The molecule has 2 saturated carbocycles. The van der Waals surface area contributed by atoms with Gasteiger partial charge in [0.15, 0.2) is 0 Å². The van der Waals surface area contributed by atoms with Crippen LogP contribution in [-0.4, -0.2) is 24.2 Å². The van der Waals surface area contributed by atoms with Gasteiger partial charge in [-0.25, -0.2) is 4.98 Å². The zero-order chi connectivity index (χ0) is 15.1. The van der Waals surface area contributed by atoms with E-state index in [0.717, 1.165) is 25.7 Å². The monoisotopic (exact) mass is 308 g/mol. The molecule has 0 unspecified atom stereocenters. The molecular formula is C17H28N2OS. The maximum absolute atomic E-state index is 5.56. The Balaban J connectivity index is 1.83. The van der Waals surface area contributed by atoms with Gasteiger partial charge >= 0.3 is 0 Å². The molecule has 0 radical (unpaired) electrons. The molecule has 3 rings (SSSR count). The molecule has 2 aliphatic rings. The first-order valence-corrected chi connectivity index (χ1v) is 9.08. The van der Waals surface area contributed by atoms with Gasteiger partial charge in [0, 0.05) is 23.9 Å². The van der Waals surface area contributed by atoms with E-state index < -0.39 is 0 Å². The first kappa shape index (κ1) is 15.4. The van der Waals surface area contributed by atoms with Gasteiger partial charge in [-0.3, -0.25) is 0 Å². The second-order valence-electron chi connectivity index (χ2n) is 7.72. The molecule has 1 aromatic rings. The third-order valence-electron chi connectivity index (χ3n) is 4.86. The minimum Gasteiger partial charge on any atom is -0.381 e. The molecule has 0 spiro atoms. The van der Waals surface area contributed by atoms with E-state index in [0.29, 0.717) is 12.1 Å². The Morgan fingerprint density at radius 1 is 1.24 bits per heavy atom. The van der Waals surface area contributed by atoms with Crippen LogP contribution in [0.3, 0.4) is 0 Å². The molecular weight excluding hydrogens is 280 g/mol. The highest BCUT2D eigenvalue weighted by atomic mass is 32.1. The van der Waals surface area contributed by atoms with Crippen LogP contribution in [0.1, 0.15) is 70.0 Å². The molecule has 2 fully saturated rings. The molecule has 1 heterocycles. The lowest BCUT2D eigenvalue weighted by Crippen LogP contribution is -2.47. The second kappa shape index (κ2) is 5.64. The number of methoxy groups -OCH3 is 1. The summed E-state index contributed by atoms with van der Waals surface area (Å²) in [5, 5.41) is 7.48. The summed E-state index contributed by atoms with van der Waals surface area (Å²) in [6, 6.07) is 0.714. The lowest BCUT2D eigenvalue weighted by Gasteiger charge is -2.39. The Kier molecular flexibility index (Phi) is 4.15. The Hall–Kier alpha value is -0.450. The fraction of sp³-hybridized carbons (Fsp3) is 0.824. The number of nitrogens with zero attached hydrogens (tertiary/aromatic N) is 1. The third kappa shape index (κ3) is 3.33. The van der Waals surface area contributed by atoms with E-state index in [1.54, 1.807) is 0 Å². The molecule has 0 amide bonds. The van der Waals surface area contributed by atoms with Crippen molar-refractivity contribution >= 4 is 11.3 Å². The fourth-order valence-electron chi connectivity index (χ4n) is 3.20. The van der Waals surface area contributed by atoms with Crippen molar-refractivity contribution in [2.75, 3.05) is 7.11 Å². The van der Waals surface area contributed by atoms with Crippen LogP contribution < -0.4 is 5.32 Å². The van der Waals surface area contributed by atoms with Crippen molar-refractivity contribution < 1.29 is 4.74 Å². The molecule has 1 N–H and O–H groups in total. The number of hydrogen-bond donors (Lipinski definition) is 1. The maximum atomic E-state index is 5.56. The van der Waals surface area contributed by atoms with Crippen LogP contribution in [0.2, 0.25) is 0 Å². The van der Waals surface area contributed by atoms with E-state index in [-0.39, 0.29) is 11.0 Å². The van der Waals surface area contributed by atoms with Crippen LogP contribution in [0, 0.1) is 0 Å². The van der Waals surface area contributed by atoms with Gasteiger partial charge in [0.25, 0.3) is 0 Å². The van der Waals surface area contributed by atoms with Crippen LogP contribution >= 0.6 is 11.3 Å². The quantitative estimate of drug-likeness (QED) is 0.913. The van der Waals surface area contributed by atoms with Crippen LogP contribution in [0.5, 0.6) is 0 Å². The summed E-state index contributed by atoms with van der Waals surface area (Å²) in [5.74, 6) is 0. The van der Waals surface area contributed by atoms with Crippen LogP contribution in [0.4, 0.5) is 0 Å². The number of thiazole rings is 1. The molecule has 3 nitrogen and oxygen atoms in total. The predicted molar refractivity (Wildman–Crippen MR) is 87.9 cm³/mol. The topological polar surface area (TPSA) is 34.1 Å². The van der Waals surface area contributed by atoms with Gasteiger partial charge in [-0.1, -0.05) is 20.8 Å². The van der Waals surface area contributed by atoms with Crippen molar-refractivity contribution in [3.63, 3.8) is 0 Å². The first-order valence-electron chi connectivity index (χ1n) is 8.20. The average molecular weight is 308 g/mol. The van der Waals surface area contributed by atoms with Crippen LogP contribution in [0.15, 0.2) is 5.38 Å². The number of hydrogen-bond acceptors (Lipinski definition) is 4. The highest BCUT2D eigenvalue weighted by Crippen LogP contribution is 2.42. The SMILES string of the molecule is COC1CCC(NC2CC2)(c2nc(C(C)(C)C)cs2)CC1. The van der Waals surface area contributed by atoms with E-state index in [1.807, 2.05) is 18.4 Å². The molecule has 0 aromatic carbocycles. The maximum Gasteiger partial charge on any atom is 0.113 e. The Bertz CT molecular complexity index is 479. The normalized spacial score (nSPS) is 30.6. The molecule has 1 aromatic heterocycles. The largest absolute Gasteiger partial charge is 0.381 e. The van der Waals surface area contributed by atoms with Gasteiger partial charge in [0.1, 0.15) is 5.01 Å². The van der Waals surface area contributed by atoms with Gasteiger partial charge in [-0.2, -0.15) is 0 Å². The zero-order valence-electron chi connectivity index (χ0n) is 13.7. The van der Waals surface area contributed by atoms with Crippen molar-refractivity contribution in [3.8, 4) is 0 Å². The summed E-state index contributed by atoms with van der Waals surface area (Å²) in [6.45, 7) is 6.73. The van der Waals surface area contributed by atoms with E-state index in [2.05, 4.69) is 31.5 Å². The van der Waals surface area contributed by atoms with Crippen molar-refractivity contribution in [2.45, 2.75) is 82.4 Å². The summed E-state index contributed by atoms with van der Waals surface area (Å²) in [6.07, 6.45) is 7.67. The van der Waals surface area contributed by atoms with Gasteiger partial charge in [-0.05, 0) is 38.5 Å². The molecule has 118 valence electrons. The summed E-state index contributed by atoms with van der Waals surface area (Å²) >= 11 is 1.85. The number of ether oxygens (including phenoxy) is 1. The highest BCUT2D eigenvalue weighted by molar-refractivity contribution is 7.09. The van der Waals surface area contributed by atoms with E-state index in [4.69, 9.17) is 9.72 Å². The first-order chi connectivity index (χ1) is 9.93. The Labute approximate surface area is 132 Å². The lowest BCUT2D eigenvalue weighted by molar-refractivity contribution is 0.0397. The van der Waals surface area contributed by atoms with E-state index in [1.165, 1.54) is 23.5 Å². The van der Waals surface area contributed by atoms with Crippen molar-refractivity contribution in [1.29, 1.82) is 0 Å². The standard InChI is InChI=1S/C17H28N2OS/c1-16(2,3)14-11-21-15(18-14)17(19-12-5-6-12)9-7-13(20-4)8-10-17/h11-13,19H,5-10H2,1-4H3. The van der Waals surface area contributed by atoms with E-state index in [9.17, 15) is 0 Å². The lowest BCUT2D eigenvalue weighted by atomic mass is 9.80. The predicted octanol–water partition coefficient (Wildman–Crippen LogP) is 3.98. The smallest absolute Gasteiger partial charge is 0.113 e. The molecule has 2 aliphatic carbocycles. The van der Waals surface area contributed by atoms with Gasteiger partial charge in [0.2, 0.25) is 0 Å². The fourth-order valence-corrected chi connectivity index (χ4v) is 4.47. The minimum absolute atomic E-state index is 0.102. The summed E-state index contributed by atoms with van der Waals surface area (Å²) < 4.78 is 5.56. The Morgan fingerprint density at radius 3 is 2.38 bits per heavy atom. The molecule has 4 heteroatoms. The molecule has 0 bridgehead atoms. The van der Waals surface area contributed by atoms with Crippen molar-refractivity contribution in [3.05, 3.63) is 16.1 Å². The second-order valence-corrected chi connectivity index (χ2v) is 8.58. The van der Waals surface area contributed by atoms with Crippen LogP contribution in [-0.2, 0) is 15.7 Å². The molecule has 0 aliphatic heterocycles. The molecule has 21 heavy (non-hydrogen) atoms. The summed E-state index contributed by atoms with van der Waals surface area (Å²) in [4.78, 5) is 5.02. The zero-order valence-corrected chi connectivity index (χ0v) is 14.6. The Morgan fingerprint density at radius 2 is 1.90 bits per heavy atom. The molecule has 0 saturated heterocycles. The number of nitrogens with one attached hydrogen (secondary N) is 1. The molecule has 0 atom stereocenters. The number of aromatic nitrogens is 1. The van der Waals surface area contributed by atoms with Gasteiger partial charge in [-0.15, -0.1) is 11.3 Å². The van der Waals surface area contributed by atoms with E-state index >= 15 is 0 Å². The van der Waals surface area contributed by atoms with Crippen molar-refractivity contribution in [1.82, 2.24) is 10.3 Å². The highest BCUT2D eigenvalue weighted by Gasteiger charge is 2.43. The van der Waals surface area contributed by atoms with Crippen LogP contribution in [0.25, 0.3) is 0 Å². The summed E-state index contributed by atoms with van der Waals surface area (Å²) in [7, 11) is 1.84. The summed E-state index contributed by atoms with van der Waals surface area (Å²) in [5.41, 5.74) is 1.47. The average Bonchev–Trinajstić information content (AvgIpc) is 3.09. The third-order valence-corrected chi connectivity index (χ3v) is 5.91. The van der Waals surface area contributed by atoms with Gasteiger partial charge < -0.3 is 10.1 Å².